The highest BCUT2D eigenvalue weighted by Gasteiger charge is 2.13. The molecular weight excluding hydrogens is 337 g/mol. The average molecular weight is 352 g/mol. The number of ether oxygens (including phenoxy) is 1. The average Bonchev–Trinajstić information content (AvgIpc) is 2.54. The van der Waals surface area contributed by atoms with E-state index in [4.69, 9.17) is 27.9 Å². The minimum Gasteiger partial charge on any atom is -0.465 e. The zero-order valence-electron chi connectivity index (χ0n) is 12.4. The number of aryl methyl sites for hydroxylation is 1. The Labute approximate surface area is 144 Å². The number of carbonyl (C=O) groups excluding carboxylic acids is 2. The van der Waals surface area contributed by atoms with E-state index in [1.807, 2.05) is 0 Å². The van der Waals surface area contributed by atoms with Gasteiger partial charge in [-0.25, -0.2) is 4.79 Å². The van der Waals surface area contributed by atoms with Crippen LogP contribution < -0.4 is 5.32 Å². The normalized spacial score (nSPS) is 10.2. The fourth-order valence-corrected chi connectivity index (χ4v) is 2.57. The molecule has 2 rings (SSSR count). The van der Waals surface area contributed by atoms with Crippen LogP contribution in [-0.2, 0) is 16.0 Å². The zero-order valence-corrected chi connectivity index (χ0v) is 13.9. The van der Waals surface area contributed by atoms with E-state index in [1.54, 1.807) is 42.5 Å². The van der Waals surface area contributed by atoms with Crippen molar-refractivity contribution in [3.63, 3.8) is 0 Å². The van der Waals surface area contributed by atoms with Gasteiger partial charge in [0.1, 0.15) is 0 Å². The molecule has 0 aliphatic rings. The van der Waals surface area contributed by atoms with Crippen LogP contribution in [0.4, 0.5) is 5.69 Å². The van der Waals surface area contributed by atoms with Crippen molar-refractivity contribution in [1.29, 1.82) is 0 Å². The van der Waals surface area contributed by atoms with Crippen LogP contribution in [0.2, 0.25) is 10.0 Å². The van der Waals surface area contributed by atoms with E-state index in [9.17, 15) is 9.59 Å². The molecule has 0 unspecified atom stereocenters. The van der Waals surface area contributed by atoms with Crippen molar-refractivity contribution in [1.82, 2.24) is 0 Å². The summed E-state index contributed by atoms with van der Waals surface area (Å²) in [6.07, 6.45) is 0.707. The van der Waals surface area contributed by atoms with E-state index in [1.165, 1.54) is 7.11 Å². The first-order valence-electron chi connectivity index (χ1n) is 6.92. The van der Waals surface area contributed by atoms with Crippen LogP contribution in [0, 0.1) is 0 Å². The van der Waals surface area contributed by atoms with E-state index in [2.05, 4.69) is 5.32 Å². The molecule has 0 spiro atoms. The van der Waals surface area contributed by atoms with E-state index in [0.717, 1.165) is 5.56 Å². The summed E-state index contributed by atoms with van der Waals surface area (Å²) in [5.41, 5.74) is 1.58. The number of hydrogen-bond acceptors (Lipinski definition) is 3. The molecule has 0 saturated heterocycles. The molecule has 2 aromatic carbocycles. The van der Waals surface area contributed by atoms with Crippen molar-refractivity contribution in [2.75, 3.05) is 12.4 Å². The van der Waals surface area contributed by atoms with Gasteiger partial charge in [0.25, 0.3) is 0 Å². The lowest BCUT2D eigenvalue weighted by atomic mass is 10.1. The molecule has 0 fully saturated rings. The molecule has 1 amide bonds. The van der Waals surface area contributed by atoms with Gasteiger partial charge >= 0.3 is 5.97 Å². The van der Waals surface area contributed by atoms with E-state index in [-0.39, 0.29) is 12.3 Å². The summed E-state index contributed by atoms with van der Waals surface area (Å²) in [5.74, 6) is -0.714. The van der Waals surface area contributed by atoms with Crippen molar-refractivity contribution < 1.29 is 14.3 Å². The molecule has 4 nitrogen and oxygen atoms in total. The summed E-state index contributed by atoms with van der Waals surface area (Å²) in [4.78, 5) is 23.8. The van der Waals surface area contributed by atoms with Gasteiger partial charge in [-0.3, -0.25) is 4.79 Å². The molecule has 0 heterocycles. The van der Waals surface area contributed by atoms with Gasteiger partial charge in [0.05, 0.1) is 18.4 Å². The second-order valence-electron chi connectivity index (χ2n) is 4.82. The Hall–Kier alpha value is -2.04. The molecular formula is C17H15Cl2NO3. The third kappa shape index (κ3) is 4.71. The molecule has 1 N–H and O–H groups in total. The van der Waals surface area contributed by atoms with E-state index >= 15 is 0 Å². The van der Waals surface area contributed by atoms with Crippen LogP contribution in [0.25, 0.3) is 0 Å². The smallest absolute Gasteiger partial charge is 0.339 e. The predicted octanol–water partition coefficient (Wildman–Crippen LogP) is 4.35. The third-order valence-electron chi connectivity index (χ3n) is 3.24. The highest BCUT2D eigenvalue weighted by atomic mass is 35.5. The van der Waals surface area contributed by atoms with Crippen molar-refractivity contribution in [2.24, 2.45) is 0 Å². The van der Waals surface area contributed by atoms with Crippen LogP contribution >= 0.6 is 23.2 Å². The third-order valence-corrected chi connectivity index (χ3v) is 3.83. The summed E-state index contributed by atoms with van der Waals surface area (Å²) in [6.45, 7) is 0. The maximum Gasteiger partial charge on any atom is 0.339 e. The van der Waals surface area contributed by atoms with Crippen LogP contribution in [0.5, 0.6) is 0 Å². The Morgan fingerprint density at radius 1 is 1.13 bits per heavy atom. The number of rotatable bonds is 5. The SMILES string of the molecule is COC(=O)c1ccccc1NC(=O)CCc1ccc(Cl)cc1Cl. The van der Waals surface area contributed by atoms with Gasteiger partial charge in [-0.1, -0.05) is 41.4 Å². The Balaban J connectivity index is 2.01. The summed E-state index contributed by atoms with van der Waals surface area (Å²) in [5, 5.41) is 3.80. The highest BCUT2D eigenvalue weighted by molar-refractivity contribution is 6.35. The summed E-state index contributed by atoms with van der Waals surface area (Å²) in [6, 6.07) is 11.8. The van der Waals surface area contributed by atoms with Gasteiger partial charge in [-0.15, -0.1) is 0 Å². The summed E-state index contributed by atoms with van der Waals surface area (Å²) >= 11 is 11.9. The van der Waals surface area contributed by atoms with Crippen LogP contribution in [-0.4, -0.2) is 19.0 Å². The van der Waals surface area contributed by atoms with Crippen LogP contribution in [0.15, 0.2) is 42.5 Å². The molecule has 0 bridgehead atoms. The van der Waals surface area contributed by atoms with Crippen molar-refractivity contribution in [2.45, 2.75) is 12.8 Å². The molecule has 6 heteroatoms. The molecule has 0 aromatic heterocycles. The molecule has 0 radical (unpaired) electrons. The number of benzene rings is 2. The quantitative estimate of drug-likeness (QED) is 0.814. The summed E-state index contributed by atoms with van der Waals surface area (Å²) in [7, 11) is 1.30. The van der Waals surface area contributed by atoms with E-state index < -0.39 is 5.97 Å². The largest absolute Gasteiger partial charge is 0.465 e. The first-order valence-corrected chi connectivity index (χ1v) is 7.68. The second-order valence-corrected chi connectivity index (χ2v) is 5.66. The second kappa shape index (κ2) is 7.99. The van der Waals surface area contributed by atoms with Crippen molar-refractivity contribution >= 4 is 40.8 Å². The Morgan fingerprint density at radius 3 is 2.57 bits per heavy atom. The fraction of sp³-hybridized carbons (Fsp3) is 0.176. The lowest BCUT2D eigenvalue weighted by Gasteiger charge is -2.10. The maximum atomic E-state index is 12.1. The minimum absolute atomic E-state index is 0.215. The maximum absolute atomic E-state index is 12.1. The van der Waals surface area contributed by atoms with E-state index in [0.29, 0.717) is 27.7 Å². The molecule has 0 saturated carbocycles. The monoisotopic (exact) mass is 351 g/mol. The number of esters is 1. The number of halogens is 2. The highest BCUT2D eigenvalue weighted by Crippen LogP contribution is 2.22. The number of nitrogens with one attached hydrogen (secondary N) is 1. The number of amides is 1. The number of hydrogen-bond donors (Lipinski definition) is 1. The van der Waals surface area contributed by atoms with Crippen LogP contribution in [0.1, 0.15) is 22.3 Å². The van der Waals surface area contributed by atoms with Gasteiger partial charge in [0.2, 0.25) is 5.91 Å². The fourth-order valence-electron chi connectivity index (χ4n) is 2.07. The summed E-state index contributed by atoms with van der Waals surface area (Å²) < 4.78 is 4.69. The zero-order chi connectivity index (χ0) is 16.8. The van der Waals surface area contributed by atoms with Crippen molar-refractivity contribution in [3.05, 3.63) is 63.6 Å². The van der Waals surface area contributed by atoms with Gasteiger partial charge in [-0.2, -0.15) is 0 Å². The number of para-hydroxylation sites is 1. The molecule has 0 aliphatic heterocycles. The lowest BCUT2D eigenvalue weighted by molar-refractivity contribution is -0.116. The topological polar surface area (TPSA) is 55.4 Å². The Morgan fingerprint density at radius 2 is 1.87 bits per heavy atom. The number of anilines is 1. The Bertz CT molecular complexity index is 732. The van der Waals surface area contributed by atoms with Crippen molar-refractivity contribution in [3.8, 4) is 0 Å². The minimum atomic E-state index is -0.498. The first-order chi connectivity index (χ1) is 11.0. The lowest BCUT2D eigenvalue weighted by Crippen LogP contribution is -2.15. The van der Waals surface area contributed by atoms with Gasteiger partial charge < -0.3 is 10.1 Å². The standard InChI is InChI=1S/C17H15Cl2NO3/c1-23-17(22)13-4-2-3-5-15(13)20-16(21)9-7-11-6-8-12(18)10-14(11)19/h2-6,8,10H,7,9H2,1H3,(H,20,21). The molecule has 0 aliphatic carbocycles. The Kier molecular flexibility index (Phi) is 6.02. The predicted molar refractivity (Wildman–Crippen MR) is 91.2 cm³/mol. The van der Waals surface area contributed by atoms with Gasteiger partial charge in [0.15, 0.2) is 0 Å². The van der Waals surface area contributed by atoms with Crippen LogP contribution in [0.3, 0.4) is 0 Å². The number of methoxy groups -OCH3 is 1. The number of carbonyl (C=O) groups is 2. The van der Waals surface area contributed by atoms with Gasteiger partial charge in [-0.05, 0) is 36.2 Å². The first kappa shape index (κ1) is 17.3. The molecule has 23 heavy (non-hydrogen) atoms. The molecule has 0 atom stereocenters. The molecule has 120 valence electrons. The van der Waals surface area contributed by atoms with Gasteiger partial charge in [0, 0.05) is 16.5 Å². The molecule has 2 aromatic rings.